The predicted octanol–water partition coefficient (Wildman–Crippen LogP) is 2.58. The Labute approximate surface area is 158 Å². The quantitative estimate of drug-likeness (QED) is 0.746. The van der Waals surface area contributed by atoms with Crippen molar-refractivity contribution in [3.63, 3.8) is 0 Å². The largest absolute Gasteiger partial charge is 0.439 e. The Morgan fingerprint density at radius 1 is 1.33 bits per heavy atom. The number of carbonyl (C=O) groups excluding carboxylic acids is 1. The average Bonchev–Trinajstić information content (AvgIpc) is 3.30. The van der Waals surface area contributed by atoms with Crippen LogP contribution in [0.15, 0.2) is 45.7 Å². The van der Waals surface area contributed by atoms with E-state index in [1.54, 1.807) is 18.2 Å². The summed E-state index contributed by atoms with van der Waals surface area (Å²) >= 11 is 1.26. The Morgan fingerprint density at radius 3 is 2.89 bits per heavy atom. The number of carbonyl (C=O) groups is 1. The number of H-pyrrole nitrogens is 1. The summed E-state index contributed by atoms with van der Waals surface area (Å²) < 4.78 is 18.0. The summed E-state index contributed by atoms with van der Waals surface area (Å²) in [6.07, 6.45) is 0. The molecular formula is C18H17FN4O3S. The van der Waals surface area contributed by atoms with Gasteiger partial charge in [-0.1, -0.05) is 11.2 Å². The maximum atomic E-state index is 13.5. The molecule has 7 nitrogen and oxygen atoms in total. The van der Waals surface area contributed by atoms with E-state index in [1.807, 2.05) is 17.9 Å². The second-order valence-corrected chi connectivity index (χ2v) is 7.46. The molecule has 1 aliphatic rings. The minimum absolute atomic E-state index is 0.0214. The van der Waals surface area contributed by atoms with Crippen LogP contribution in [0.2, 0.25) is 0 Å². The normalized spacial score (nSPS) is 17.3. The van der Waals surface area contributed by atoms with Crippen LogP contribution in [0.5, 0.6) is 0 Å². The molecule has 4 rings (SSSR count). The van der Waals surface area contributed by atoms with Gasteiger partial charge in [-0.25, -0.2) is 9.18 Å². The minimum atomic E-state index is -0.631. The molecule has 1 saturated heterocycles. The molecule has 3 heterocycles. The highest BCUT2D eigenvalue weighted by molar-refractivity contribution is 7.17. The number of hydrogen-bond donors (Lipinski definition) is 1. The zero-order chi connectivity index (χ0) is 19.0. The summed E-state index contributed by atoms with van der Waals surface area (Å²) in [5.74, 6) is -0.652. The molecule has 0 radical (unpaired) electrons. The van der Waals surface area contributed by atoms with Crippen molar-refractivity contribution in [2.24, 2.45) is 0 Å². The highest BCUT2D eigenvalue weighted by Gasteiger charge is 2.29. The number of rotatable bonds is 3. The summed E-state index contributed by atoms with van der Waals surface area (Å²) in [5.41, 5.74) is 0.822. The van der Waals surface area contributed by atoms with Gasteiger partial charge in [-0.2, -0.15) is 0 Å². The molecule has 27 heavy (non-hydrogen) atoms. The third-order valence-corrected chi connectivity index (χ3v) is 5.63. The number of amides is 1. The molecule has 0 spiro atoms. The van der Waals surface area contributed by atoms with Crippen LogP contribution >= 0.6 is 11.3 Å². The highest BCUT2D eigenvalue weighted by Crippen LogP contribution is 2.27. The SMILES string of the molecule is CC1CN(c2cccc(F)c2)CCN1C(=O)c1ccc(-c2noc(=O)[nH]2)s1. The monoisotopic (exact) mass is 388 g/mol. The minimum Gasteiger partial charge on any atom is -0.368 e. The zero-order valence-corrected chi connectivity index (χ0v) is 15.3. The van der Waals surface area contributed by atoms with Crippen molar-refractivity contribution in [2.75, 3.05) is 24.5 Å². The lowest BCUT2D eigenvalue weighted by Gasteiger charge is -2.40. The molecule has 1 unspecified atom stereocenters. The number of piperazine rings is 1. The average molecular weight is 388 g/mol. The standard InChI is InChI=1S/C18H17FN4O3S/c1-11-10-22(13-4-2-3-12(19)9-13)7-8-23(11)17(24)15-6-5-14(27-15)16-20-18(25)26-21-16/h2-6,9,11H,7-8,10H2,1H3,(H,20,21,25). The van der Waals surface area contributed by atoms with Crippen molar-refractivity contribution in [1.29, 1.82) is 0 Å². The van der Waals surface area contributed by atoms with Crippen LogP contribution in [0, 0.1) is 5.82 Å². The van der Waals surface area contributed by atoms with Gasteiger partial charge >= 0.3 is 5.76 Å². The van der Waals surface area contributed by atoms with Crippen LogP contribution in [0.4, 0.5) is 10.1 Å². The lowest BCUT2D eigenvalue weighted by Crippen LogP contribution is -2.54. The number of aromatic nitrogens is 2. The molecule has 0 aliphatic carbocycles. The molecule has 2 aromatic heterocycles. The fourth-order valence-electron chi connectivity index (χ4n) is 3.22. The second-order valence-electron chi connectivity index (χ2n) is 6.38. The van der Waals surface area contributed by atoms with Crippen LogP contribution in [-0.4, -0.2) is 46.6 Å². The Balaban J connectivity index is 1.47. The summed E-state index contributed by atoms with van der Waals surface area (Å²) in [6.45, 7) is 3.79. The first-order valence-electron chi connectivity index (χ1n) is 8.49. The molecule has 1 aromatic carbocycles. The van der Waals surface area contributed by atoms with Gasteiger partial charge in [0.25, 0.3) is 5.91 Å². The van der Waals surface area contributed by atoms with Crippen LogP contribution in [0.1, 0.15) is 16.6 Å². The van der Waals surface area contributed by atoms with Crippen molar-refractivity contribution in [3.8, 4) is 10.7 Å². The highest BCUT2D eigenvalue weighted by atomic mass is 32.1. The lowest BCUT2D eigenvalue weighted by atomic mass is 10.1. The number of hydrogen-bond acceptors (Lipinski definition) is 6. The van der Waals surface area contributed by atoms with Crippen molar-refractivity contribution in [1.82, 2.24) is 15.0 Å². The lowest BCUT2D eigenvalue weighted by molar-refractivity contribution is 0.0679. The fourth-order valence-corrected chi connectivity index (χ4v) is 4.12. The van der Waals surface area contributed by atoms with E-state index >= 15 is 0 Å². The van der Waals surface area contributed by atoms with Gasteiger partial charge in [0.2, 0.25) is 0 Å². The second kappa shape index (κ2) is 6.99. The number of nitrogens with zero attached hydrogens (tertiary/aromatic N) is 3. The van der Waals surface area contributed by atoms with Gasteiger partial charge in [0.1, 0.15) is 5.82 Å². The Kier molecular flexibility index (Phi) is 4.53. The molecule has 9 heteroatoms. The number of halogens is 1. The van der Waals surface area contributed by atoms with E-state index in [0.717, 1.165) is 5.69 Å². The first-order valence-corrected chi connectivity index (χ1v) is 9.30. The van der Waals surface area contributed by atoms with Crippen LogP contribution in [-0.2, 0) is 0 Å². The smallest absolute Gasteiger partial charge is 0.368 e. The maximum absolute atomic E-state index is 13.5. The number of benzene rings is 1. The van der Waals surface area contributed by atoms with Gasteiger partial charge in [-0.15, -0.1) is 11.3 Å². The van der Waals surface area contributed by atoms with Gasteiger partial charge in [-0.3, -0.25) is 14.3 Å². The molecule has 1 amide bonds. The van der Waals surface area contributed by atoms with Crippen molar-refractivity contribution >= 4 is 22.9 Å². The van der Waals surface area contributed by atoms with Crippen LogP contribution in [0.3, 0.4) is 0 Å². The van der Waals surface area contributed by atoms with Crippen molar-refractivity contribution in [3.05, 3.63) is 57.6 Å². The van der Waals surface area contributed by atoms with Crippen molar-refractivity contribution < 1.29 is 13.7 Å². The third-order valence-electron chi connectivity index (χ3n) is 4.55. The Morgan fingerprint density at radius 2 is 2.19 bits per heavy atom. The number of aromatic amines is 1. The van der Waals surface area contributed by atoms with Gasteiger partial charge in [0.05, 0.1) is 9.75 Å². The molecular weight excluding hydrogens is 371 g/mol. The van der Waals surface area contributed by atoms with E-state index in [1.165, 1.54) is 23.5 Å². The van der Waals surface area contributed by atoms with Crippen molar-refractivity contribution in [2.45, 2.75) is 13.0 Å². The fraction of sp³-hybridized carbons (Fsp3) is 0.278. The van der Waals surface area contributed by atoms with Gasteiger partial charge < -0.3 is 9.80 Å². The molecule has 1 N–H and O–H groups in total. The molecule has 0 bridgehead atoms. The Bertz CT molecular complexity index is 1030. The zero-order valence-electron chi connectivity index (χ0n) is 14.5. The predicted molar refractivity (Wildman–Crippen MR) is 99.5 cm³/mol. The molecule has 3 aromatic rings. The van der Waals surface area contributed by atoms with E-state index in [-0.39, 0.29) is 17.8 Å². The molecule has 1 atom stereocenters. The number of thiophene rings is 1. The molecule has 140 valence electrons. The van der Waals surface area contributed by atoms with Gasteiger partial charge in [0.15, 0.2) is 5.82 Å². The van der Waals surface area contributed by atoms with Gasteiger partial charge in [-0.05, 0) is 37.3 Å². The van der Waals surface area contributed by atoms with Gasteiger partial charge in [0, 0.05) is 31.4 Å². The summed E-state index contributed by atoms with van der Waals surface area (Å²) in [7, 11) is 0. The summed E-state index contributed by atoms with van der Waals surface area (Å²) in [5, 5.41) is 3.64. The number of anilines is 1. The van der Waals surface area contributed by atoms with Crippen LogP contribution < -0.4 is 10.7 Å². The van der Waals surface area contributed by atoms with E-state index in [9.17, 15) is 14.0 Å². The summed E-state index contributed by atoms with van der Waals surface area (Å²) in [4.78, 5) is 31.6. The maximum Gasteiger partial charge on any atom is 0.439 e. The van der Waals surface area contributed by atoms with E-state index in [4.69, 9.17) is 0 Å². The topological polar surface area (TPSA) is 82.4 Å². The molecule has 1 aliphatic heterocycles. The van der Waals surface area contributed by atoms with E-state index in [0.29, 0.717) is 35.2 Å². The third kappa shape index (κ3) is 3.50. The first-order chi connectivity index (χ1) is 13.0. The number of nitrogens with one attached hydrogen (secondary N) is 1. The Hall–Kier alpha value is -2.94. The molecule has 1 fully saturated rings. The first kappa shape index (κ1) is 17.5. The molecule has 0 saturated carbocycles. The summed E-state index contributed by atoms with van der Waals surface area (Å²) in [6, 6.07) is 9.93. The van der Waals surface area contributed by atoms with Crippen LogP contribution in [0.25, 0.3) is 10.7 Å². The van der Waals surface area contributed by atoms with E-state index in [2.05, 4.69) is 19.6 Å². The van der Waals surface area contributed by atoms with E-state index < -0.39 is 5.76 Å².